The summed E-state index contributed by atoms with van der Waals surface area (Å²) >= 11 is 0. The number of aromatic nitrogens is 2. The number of fused-ring (bicyclic) bond motifs is 2. The first-order valence-electron chi connectivity index (χ1n) is 16.7. The van der Waals surface area contributed by atoms with Gasteiger partial charge in [0.1, 0.15) is 17.7 Å². The summed E-state index contributed by atoms with van der Waals surface area (Å²) in [5, 5.41) is -0.0571. The number of benzene rings is 1. The van der Waals surface area contributed by atoms with Crippen molar-refractivity contribution in [1.29, 1.82) is 0 Å². The molecule has 7 atom stereocenters. The molecule has 0 amide bonds. The van der Waals surface area contributed by atoms with Crippen LogP contribution in [-0.4, -0.2) is 35.7 Å². The van der Waals surface area contributed by atoms with Crippen molar-refractivity contribution in [2.75, 3.05) is 0 Å². The maximum atomic E-state index is 14.2. The fourth-order valence-corrected chi connectivity index (χ4v) is 8.24. The molecule has 0 radical (unpaired) electrons. The maximum absolute atomic E-state index is 14.2. The van der Waals surface area contributed by atoms with Crippen LogP contribution >= 0.6 is 0 Å². The van der Waals surface area contributed by atoms with Gasteiger partial charge in [-0.3, -0.25) is 9.59 Å². The molecule has 2 heterocycles. The fraction of sp³-hybridized carbons (Fsp3) is 0.750. The number of hydrogen-bond acceptors (Lipinski definition) is 5. The van der Waals surface area contributed by atoms with E-state index >= 15 is 0 Å². The number of esters is 1. The van der Waals surface area contributed by atoms with E-state index in [9.17, 15) is 9.59 Å². The molecule has 0 spiro atoms. The largest absolute Gasteiger partial charge is 0.457 e. The highest BCUT2D eigenvalue weighted by atomic mass is 28.4. The summed E-state index contributed by atoms with van der Waals surface area (Å²) in [6.45, 7) is 23.6. The molecule has 1 aromatic carbocycles. The SMILES string of the molecule is Cc1nc2cc([C@@H]3C[C@@H]4C[C@@H]4CCC[C@H](C)[C@H](C)[C@@H](C)C(=O)C(C)(C)[C@@H](O[Si](C)(C)C(C)(C)C)CC(=O)O3)ccc2n1C. The van der Waals surface area contributed by atoms with E-state index in [0.29, 0.717) is 17.8 Å². The molecular formula is C36H58N2O4Si. The number of imidazole rings is 1. The van der Waals surface area contributed by atoms with Crippen molar-refractivity contribution >= 4 is 31.1 Å². The average molecular weight is 611 g/mol. The molecule has 1 aliphatic heterocycles. The van der Waals surface area contributed by atoms with Crippen molar-refractivity contribution in [3.8, 4) is 0 Å². The van der Waals surface area contributed by atoms with Crippen molar-refractivity contribution in [1.82, 2.24) is 9.55 Å². The van der Waals surface area contributed by atoms with Gasteiger partial charge in [0.15, 0.2) is 8.32 Å². The van der Waals surface area contributed by atoms with E-state index in [1.165, 1.54) is 19.3 Å². The van der Waals surface area contributed by atoms with Gasteiger partial charge in [0.25, 0.3) is 0 Å². The van der Waals surface area contributed by atoms with Crippen LogP contribution in [0.4, 0.5) is 0 Å². The van der Waals surface area contributed by atoms with Gasteiger partial charge in [-0.1, -0.05) is 80.7 Å². The number of ketones is 1. The second-order valence-corrected chi connectivity index (χ2v) is 20.9. The molecule has 0 bridgehead atoms. The Morgan fingerprint density at radius 3 is 2.37 bits per heavy atom. The summed E-state index contributed by atoms with van der Waals surface area (Å²) in [7, 11) is -0.278. The predicted octanol–water partition coefficient (Wildman–Crippen LogP) is 8.96. The summed E-state index contributed by atoms with van der Waals surface area (Å²) in [5.41, 5.74) is 2.17. The van der Waals surface area contributed by atoms with Gasteiger partial charge in [-0.25, -0.2) is 4.98 Å². The summed E-state index contributed by atoms with van der Waals surface area (Å²) in [4.78, 5) is 32.9. The first-order chi connectivity index (χ1) is 19.8. The van der Waals surface area contributed by atoms with E-state index in [2.05, 4.69) is 77.4 Å². The molecule has 1 aliphatic carbocycles. The minimum atomic E-state index is -2.31. The molecule has 1 aromatic heterocycles. The molecule has 240 valence electrons. The van der Waals surface area contributed by atoms with Crippen molar-refractivity contribution in [3.05, 3.63) is 29.6 Å². The van der Waals surface area contributed by atoms with Crippen LogP contribution in [0.1, 0.15) is 111 Å². The molecule has 6 nitrogen and oxygen atoms in total. The van der Waals surface area contributed by atoms with Crippen molar-refractivity contribution in [2.45, 2.75) is 131 Å². The minimum absolute atomic E-state index is 0.0571. The number of Topliss-reactive ketones (excluding diaryl/α,β-unsaturated/α-hetero) is 1. The van der Waals surface area contributed by atoms with Crippen molar-refractivity contribution in [2.24, 2.45) is 42.1 Å². The molecule has 1 saturated carbocycles. The molecule has 0 N–H and O–H groups in total. The van der Waals surface area contributed by atoms with E-state index in [-0.39, 0.29) is 41.2 Å². The second-order valence-electron chi connectivity index (χ2n) is 16.1. The lowest BCUT2D eigenvalue weighted by atomic mass is 9.70. The zero-order chi connectivity index (χ0) is 32.1. The Labute approximate surface area is 261 Å². The number of cyclic esters (lactones) is 1. The number of rotatable bonds is 3. The third-order valence-electron chi connectivity index (χ3n) is 11.7. The van der Waals surface area contributed by atoms with E-state index in [4.69, 9.17) is 14.1 Å². The van der Waals surface area contributed by atoms with Gasteiger partial charge in [0.2, 0.25) is 0 Å². The van der Waals surface area contributed by atoms with Crippen molar-refractivity contribution < 1.29 is 18.8 Å². The standard InChI is InChI=1S/C36H58N2O4Si/c1-22-14-13-15-26-18-28(26)20-31(27-16-17-30-29(19-27)37-25(4)38(30)10)41-33(39)21-32(42-43(11,12)35(5,6)7)36(8,9)34(40)24(3)23(22)2/h16-17,19,22-24,26,28,31-32H,13-15,18,20-21H2,1-12H3/t22-,23-,24+,26-,28-,31-,32-/m0/s1. The Morgan fingerprint density at radius 1 is 1.05 bits per heavy atom. The Bertz CT molecular complexity index is 1320. The quantitative estimate of drug-likeness (QED) is 0.256. The molecule has 7 heteroatoms. The number of carbonyl (C=O) groups is 2. The lowest BCUT2D eigenvalue weighted by molar-refractivity contribution is -0.155. The van der Waals surface area contributed by atoms with E-state index in [1.54, 1.807) is 0 Å². The second kappa shape index (κ2) is 12.4. The van der Waals surface area contributed by atoms with Crippen LogP contribution in [0.3, 0.4) is 0 Å². The maximum Gasteiger partial charge on any atom is 0.309 e. The third kappa shape index (κ3) is 7.29. The van der Waals surface area contributed by atoms with Crippen molar-refractivity contribution in [3.63, 3.8) is 0 Å². The van der Waals surface area contributed by atoms with Crippen LogP contribution in [-0.2, 0) is 25.8 Å². The monoisotopic (exact) mass is 610 g/mol. The summed E-state index contributed by atoms with van der Waals surface area (Å²) < 4.78 is 15.4. The van der Waals surface area contributed by atoms with Gasteiger partial charge in [-0.15, -0.1) is 0 Å². The highest BCUT2D eigenvalue weighted by Crippen LogP contribution is 2.49. The Morgan fingerprint density at radius 2 is 1.72 bits per heavy atom. The van der Waals surface area contributed by atoms with Crippen LogP contribution in [0.5, 0.6) is 0 Å². The summed E-state index contributed by atoms with van der Waals surface area (Å²) in [6.07, 6.45) is 4.72. The van der Waals surface area contributed by atoms with E-state index in [1.807, 2.05) is 27.8 Å². The zero-order valence-corrected chi connectivity index (χ0v) is 30.0. The Kier molecular flexibility index (Phi) is 9.79. The molecule has 4 rings (SSSR count). The fourth-order valence-electron chi connectivity index (χ4n) is 6.79. The van der Waals surface area contributed by atoms with Gasteiger partial charge >= 0.3 is 5.97 Å². The lowest BCUT2D eigenvalue weighted by Crippen LogP contribution is -2.52. The van der Waals surface area contributed by atoms with Gasteiger partial charge in [-0.05, 0) is 79.3 Å². The highest BCUT2D eigenvalue weighted by molar-refractivity contribution is 6.74. The molecule has 0 unspecified atom stereocenters. The van der Waals surface area contributed by atoms with E-state index in [0.717, 1.165) is 35.3 Å². The van der Waals surface area contributed by atoms with Crippen LogP contribution in [0.2, 0.25) is 18.1 Å². The first kappa shape index (κ1) is 33.9. The van der Waals surface area contributed by atoms with Crippen LogP contribution < -0.4 is 0 Å². The number of hydrogen-bond donors (Lipinski definition) is 0. The summed E-state index contributed by atoms with van der Waals surface area (Å²) in [6, 6.07) is 6.29. The van der Waals surface area contributed by atoms with Crippen LogP contribution in [0, 0.1) is 41.9 Å². The van der Waals surface area contributed by atoms with Gasteiger partial charge in [-0.2, -0.15) is 0 Å². The molecule has 2 fully saturated rings. The van der Waals surface area contributed by atoms with Crippen LogP contribution in [0.25, 0.3) is 11.0 Å². The topological polar surface area (TPSA) is 70.4 Å². The Hall–Kier alpha value is -1.99. The van der Waals surface area contributed by atoms with Gasteiger partial charge < -0.3 is 13.7 Å². The molecule has 1 saturated heterocycles. The predicted molar refractivity (Wildman–Crippen MR) is 177 cm³/mol. The smallest absolute Gasteiger partial charge is 0.309 e. The number of carbonyl (C=O) groups excluding carboxylic acids is 2. The number of nitrogens with zero attached hydrogens (tertiary/aromatic N) is 2. The highest BCUT2D eigenvalue weighted by Gasteiger charge is 2.48. The molecule has 2 aliphatic rings. The third-order valence-corrected chi connectivity index (χ3v) is 16.2. The van der Waals surface area contributed by atoms with Gasteiger partial charge in [0, 0.05) is 18.4 Å². The van der Waals surface area contributed by atoms with Gasteiger partial charge in [0.05, 0.1) is 23.6 Å². The van der Waals surface area contributed by atoms with Crippen LogP contribution in [0.15, 0.2) is 18.2 Å². The average Bonchev–Trinajstić information content (AvgIpc) is 3.59. The summed E-state index contributed by atoms with van der Waals surface area (Å²) in [5.74, 6) is 2.72. The molecule has 43 heavy (non-hydrogen) atoms. The van der Waals surface area contributed by atoms with E-state index < -0.39 is 19.8 Å². The molecule has 2 aromatic rings. The first-order valence-corrected chi connectivity index (χ1v) is 19.6. The Balaban J connectivity index is 1.70. The lowest BCUT2D eigenvalue weighted by Gasteiger charge is -2.44. The normalized spacial score (nSPS) is 31.5. The number of ether oxygens (including phenoxy) is 1. The minimum Gasteiger partial charge on any atom is -0.457 e. The zero-order valence-electron chi connectivity index (χ0n) is 29.0. The number of aryl methyl sites for hydroxylation is 2. The molecular weight excluding hydrogens is 552 g/mol.